The summed E-state index contributed by atoms with van der Waals surface area (Å²) in [6.07, 6.45) is 1.50. The minimum absolute atomic E-state index is 0.0441. The molecule has 1 atom stereocenters. The summed E-state index contributed by atoms with van der Waals surface area (Å²) >= 11 is 0. The lowest BCUT2D eigenvalue weighted by atomic mass is 10.0. The van der Waals surface area contributed by atoms with Gasteiger partial charge in [0.15, 0.2) is 17.3 Å². The van der Waals surface area contributed by atoms with Crippen LogP contribution < -0.4 is 25.4 Å². The molecule has 0 saturated carbocycles. The van der Waals surface area contributed by atoms with Gasteiger partial charge in [0.25, 0.3) is 11.8 Å². The maximum atomic E-state index is 13.0. The van der Waals surface area contributed by atoms with Crippen molar-refractivity contribution in [1.29, 1.82) is 0 Å². The number of hydrogen-bond donors (Lipinski definition) is 2. The van der Waals surface area contributed by atoms with Gasteiger partial charge in [-0.2, -0.15) is 0 Å². The lowest BCUT2D eigenvalue weighted by Gasteiger charge is -2.21. The second-order valence-corrected chi connectivity index (χ2v) is 9.35. The van der Waals surface area contributed by atoms with Gasteiger partial charge in [0.2, 0.25) is 5.91 Å². The van der Waals surface area contributed by atoms with Crippen molar-refractivity contribution >= 4 is 40.0 Å². The minimum Gasteiger partial charge on any atom is -0.490 e. The molecule has 3 amide bonds. The molecule has 198 valence electrons. The molecule has 0 fully saturated rings. The standard InChI is InChI=1S/C30H28N4O5/c1-4-38-25-16-19(9-12-24(25)39-17(2)3)26(27(31)35)33-20-10-11-21-18(15-20)13-14-32-28(21)34-29(36)22-7-5-6-8-23(22)30(34)37/h5-17,26,33H,4H2,1-3H3,(H2,31,35). The van der Waals surface area contributed by atoms with E-state index in [9.17, 15) is 14.4 Å². The number of carbonyl (C=O) groups excluding carboxylic acids is 3. The number of anilines is 2. The maximum absolute atomic E-state index is 13.0. The van der Waals surface area contributed by atoms with E-state index in [1.54, 1.807) is 66.9 Å². The molecule has 3 aromatic carbocycles. The van der Waals surface area contributed by atoms with Crippen molar-refractivity contribution in [3.05, 3.63) is 89.6 Å². The first-order valence-corrected chi connectivity index (χ1v) is 12.6. The highest BCUT2D eigenvalue weighted by atomic mass is 16.5. The molecular weight excluding hydrogens is 496 g/mol. The van der Waals surface area contributed by atoms with Crippen molar-refractivity contribution in [2.75, 3.05) is 16.8 Å². The van der Waals surface area contributed by atoms with Gasteiger partial charge < -0.3 is 20.5 Å². The first-order chi connectivity index (χ1) is 18.8. The van der Waals surface area contributed by atoms with Crippen LogP contribution in [0.1, 0.15) is 53.1 Å². The zero-order chi connectivity index (χ0) is 27.7. The Morgan fingerprint density at radius 1 is 0.974 bits per heavy atom. The summed E-state index contributed by atoms with van der Waals surface area (Å²) in [7, 11) is 0. The van der Waals surface area contributed by atoms with E-state index in [2.05, 4.69) is 10.3 Å². The number of hydrogen-bond acceptors (Lipinski definition) is 7. The summed E-state index contributed by atoms with van der Waals surface area (Å²) in [5.74, 6) is -0.0527. The number of benzene rings is 3. The van der Waals surface area contributed by atoms with Gasteiger partial charge >= 0.3 is 0 Å². The highest BCUT2D eigenvalue weighted by Gasteiger charge is 2.37. The highest BCUT2D eigenvalue weighted by Crippen LogP contribution is 2.35. The van der Waals surface area contributed by atoms with Crippen molar-refractivity contribution < 1.29 is 23.9 Å². The predicted octanol–water partition coefficient (Wildman–Crippen LogP) is 4.86. The average molecular weight is 525 g/mol. The van der Waals surface area contributed by atoms with E-state index in [4.69, 9.17) is 15.2 Å². The number of pyridine rings is 1. The van der Waals surface area contributed by atoms with Crippen LogP contribution in [0, 0.1) is 0 Å². The topological polar surface area (TPSA) is 124 Å². The largest absolute Gasteiger partial charge is 0.490 e. The molecule has 9 nitrogen and oxygen atoms in total. The van der Waals surface area contributed by atoms with Crippen LogP contribution in [0.2, 0.25) is 0 Å². The Balaban J connectivity index is 1.47. The average Bonchev–Trinajstić information content (AvgIpc) is 3.17. The van der Waals surface area contributed by atoms with E-state index in [-0.39, 0.29) is 11.9 Å². The molecule has 2 heterocycles. The minimum atomic E-state index is -0.854. The van der Waals surface area contributed by atoms with Crippen LogP contribution >= 0.6 is 0 Å². The maximum Gasteiger partial charge on any atom is 0.267 e. The third kappa shape index (κ3) is 4.86. The number of imide groups is 1. The van der Waals surface area contributed by atoms with Crippen molar-refractivity contribution in [2.45, 2.75) is 32.9 Å². The Morgan fingerprint density at radius 3 is 2.33 bits per heavy atom. The molecule has 3 N–H and O–H groups in total. The Hall–Kier alpha value is -4.92. The number of nitrogens with two attached hydrogens (primary N) is 1. The van der Waals surface area contributed by atoms with Crippen LogP contribution in [0.5, 0.6) is 11.5 Å². The Morgan fingerprint density at radius 2 is 1.69 bits per heavy atom. The Bertz CT molecular complexity index is 1560. The molecule has 1 aliphatic rings. The molecule has 1 unspecified atom stereocenters. The molecule has 9 heteroatoms. The lowest BCUT2D eigenvalue weighted by Crippen LogP contribution is -2.30. The molecule has 0 aliphatic carbocycles. The normalized spacial score (nSPS) is 13.5. The van der Waals surface area contributed by atoms with Gasteiger partial charge in [0, 0.05) is 17.3 Å². The number of nitrogens with one attached hydrogen (secondary N) is 1. The van der Waals surface area contributed by atoms with Gasteiger partial charge in [-0.15, -0.1) is 0 Å². The van der Waals surface area contributed by atoms with Crippen LogP contribution in [0.25, 0.3) is 10.8 Å². The fourth-order valence-corrected chi connectivity index (χ4v) is 4.62. The van der Waals surface area contributed by atoms with E-state index in [1.165, 1.54) is 0 Å². The van der Waals surface area contributed by atoms with E-state index in [1.807, 2.05) is 26.8 Å². The third-order valence-corrected chi connectivity index (χ3v) is 6.31. The number of nitrogens with zero attached hydrogens (tertiary/aromatic N) is 2. The van der Waals surface area contributed by atoms with Crippen LogP contribution in [0.4, 0.5) is 11.5 Å². The van der Waals surface area contributed by atoms with Gasteiger partial charge in [-0.1, -0.05) is 18.2 Å². The SMILES string of the molecule is CCOc1cc(C(Nc2ccc3c(N4C(=O)c5ccccc5C4=O)nccc3c2)C(N)=O)ccc1OC(C)C. The summed E-state index contributed by atoms with van der Waals surface area (Å²) in [5.41, 5.74) is 7.71. The van der Waals surface area contributed by atoms with E-state index < -0.39 is 23.8 Å². The van der Waals surface area contributed by atoms with E-state index >= 15 is 0 Å². The molecule has 0 bridgehead atoms. The van der Waals surface area contributed by atoms with Gasteiger partial charge in [0.05, 0.1) is 23.8 Å². The van der Waals surface area contributed by atoms with Crippen molar-refractivity contribution in [1.82, 2.24) is 4.98 Å². The quantitative estimate of drug-likeness (QED) is 0.300. The number of carbonyl (C=O) groups is 3. The van der Waals surface area contributed by atoms with Gasteiger partial charge in [-0.3, -0.25) is 14.4 Å². The molecule has 39 heavy (non-hydrogen) atoms. The molecular formula is C30H28N4O5. The fourth-order valence-electron chi connectivity index (χ4n) is 4.62. The molecule has 1 aliphatic heterocycles. The number of fused-ring (bicyclic) bond motifs is 2. The van der Waals surface area contributed by atoms with E-state index in [0.29, 0.717) is 45.9 Å². The summed E-state index contributed by atoms with van der Waals surface area (Å²) in [6, 6.07) is 18.2. The van der Waals surface area contributed by atoms with Crippen molar-refractivity contribution in [3.63, 3.8) is 0 Å². The van der Waals surface area contributed by atoms with Crippen LogP contribution in [-0.2, 0) is 4.79 Å². The first-order valence-electron chi connectivity index (χ1n) is 12.6. The zero-order valence-electron chi connectivity index (χ0n) is 21.8. The predicted molar refractivity (Wildman–Crippen MR) is 148 cm³/mol. The second-order valence-electron chi connectivity index (χ2n) is 9.35. The molecule has 0 spiro atoms. The van der Waals surface area contributed by atoms with Gasteiger partial charge in [0.1, 0.15) is 6.04 Å². The van der Waals surface area contributed by atoms with Gasteiger partial charge in [-0.25, -0.2) is 9.88 Å². The summed E-state index contributed by atoms with van der Waals surface area (Å²) in [4.78, 5) is 44.0. The van der Waals surface area contributed by atoms with Crippen molar-refractivity contribution in [2.24, 2.45) is 5.73 Å². The smallest absolute Gasteiger partial charge is 0.267 e. The Kier molecular flexibility index (Phi) is 6.89. The van der Waals surface area contributed by atoms with Crippen LogP contribution in [0.15, 0.2) is 72.9 Å². The number of primary amides is 1. The zero-order valence-corrected chi connectivity index (χ0v) is 21.8. The number of aromatic nitrogens is 1. The van der Waals surface area contributed by atoms with E-state index in [0.717, 1.165) is 10.3 Å². The summed E-state index contributed by atoms with van der Waals surface area (Å²) in [6.45, 7) is 6.15. The summed E-state index contributed by atoms with van der Waals surface area (Å²) in [5, 5.41) is 4.53. The molecule has 1 aromatic heterocycles. The molecule has 0 saturated heterocycles. The Labute approximate surface area is 225 Å². The second kappa shape index (κ2) is 10.4. The summed E-state index contributed by atoms with van der Waals surface area (Å²) < 4.78 is 11.6. The lowest BCUT2D eigenvalue weighted by molar-refractivity contribution is -0.118. The van der Waals surface area contributed by atoms with Crippen LogP contribution in [0.3, 0.4) is 0 Å². The highest BCUT2D eigenvalue weighted by molar-refractivity contribution is 6.35. The van der Waals surface area contributed by atoms with Gasteiger partial charge in [-0.05, 0) is 80.3 Å². The molecule has 0 radical (unpaired) electrons. The van der Waals surface area contributed by atoms with Crippen molar-refractivity contribution in [3.8, 4) is 11.5 Å². The number of amides is 3. The number of rotatable bonds is 9. The molecule has 4 aromatic rings. The monoisotopic (exact) mass is 524 g/mol. The fraction of sp³-hybridized carbons (Fsp3) is 0.200. The van der Waals surface area contributed by atoms with Crippen LogP contribution in [-0.4, -0.2) is 35.4 Å². The third-order valence-electron chi connectivity index (χ3n) is 6.31. The number of ether oxygens (including phenoxy) is 2. The first kappa shape index (κ1) is 25.7. The molecule has 5 rings (SSSR count).